The Morgan fingerprint density at radius 2 is 2.11 bits per heavy atom. The zero-order valence-electron chi connectivity index (χ0n) is 9.74. The van der Waals surface area contributed by atoms with E-state index in [4.69, 9.17) is 5.73 Å². The largest absolute Gasteiger partial charge is 0.396 e. The van der Waals surface area contributed by atoms with Crippen LogP contribution < -0.4 is 5.73 Å². The number of aromatic amines is 1. The number of aryl methyl sites for hydroxylation is 1. The highest BCUT2D eigenvalue weighted by Crippen LogP contribution is 2.23. The lowest BCUT2D eigenvalue weighted by Crippen LogP contribution is -1.91. The minimum atomic E-state index is -0.427. The first-order valence-corrected chi connectivity index (χ1v) is 5.52. The molecule has 0 saturated carbocycles. The van der Waals surface area contributed by atoms with E-state index in [1.54, 1.807) is 18.3 Å². The quantitative estimate of drug-likeness (QED) is 0.644. The average Bonchev–Trinajstić information content (AvgIpc) is 2.78. The molecule has 0 atom stereocenters. The number of nitrogen functional groups attached to an aromatic ring is 1. The highest BCUT2D eigenvalue weighted by molar-refractivity contribution is 5.79. The van der Waals surface area contributed by atoms with Gasteiger partial charge in [-0.25, -0.2) is 14.4 Å². The van der Waals surface area contributed by atoms with Crippen molar-refractivity contribution < 1.29 is 4.39 Å². The van der Waals surface area contributed by atoms with Crippen LogP contribution in [0.2, 0.25) is 0 Å². The van der Waals surface area contributed by atoms with Crippen LogP contribution in [0.25, 0.3) is 22.6 Å². The van der Waals surface area contributed by atoms with Gasteiger partial charge in [-0.2, -0.15) is 0 Å². The van der Waals surface area contributed by atoms with E-state index in [1.165, 1.54) is 6.07 Å². The number of aromatic nitrogens is 3. The Kier molecular flexibility index (Phi) is 2.26. The first kappa shape index (κ1) is 10.7. The predicted octanol–water partition coefficient (Wildman–Crippen LogP) is 2.65. The summed E-state index contributed by atoms with van der Waals surface area (Å²) in [4.78, 5) is 11.7. The third kappa shape index (κ3) is 1.60. The molecule has 0 spiro atoms. The summed E-state index contributed by atoms with van der Waals surface area (Å²) >= 11 is 0. The second-order valence-electron chi connectivity index (χ2n) is 4.15. The first-order valence-electron chi connectivity index (χ1n) is 5.52. The van der Waals surface area contributed by atoms with Crippen LogP contribution in [-0.4, -0.2) is 15.0 Å². The summed E-state index contributed by atoms with van der Waals surface area (Å²) in [5.74, 6) is 0.211. The minimum absolute atomic E-state index is 0.109. The molecular weight excluding hydrogens is 231 g/mol. The molecule has 4 nitrogen and oxygen atoms in total. The standard InChI is InChI=1S/C13H11FN4/c1-7-4-5-16-13-11(7)17-12(18-13)8-2-3-9(14)10(15)6-8/h2-6H,15H2,1H3,(H,16,17,18). The van der Waals surface area contributed by atoms with E-state index in [-0.39, 0.29) is 5.69 Å². The smallest absolute Gasteiger partial charge is 0.178 e. The molecule has 18 heavy (non-hydrogen) atoms. The fourth-order valence-electron chi connectivity index (χ4n) is 1.86. The molecular formula is C13H11FN4. The molecule has 3 aromatic rings. The first-order chi connectivity index (χ1) is 8.65. The van der Waals surface area contributed by atoms with E-state index < -0.39 is 5.82 Å². The van der Waals surface area contributed by atoms with Crippen LogP contribution in [0.4, 0.5) is 10.1 Å². The van der Waals surface area contributed by atoms with E-state index >= 15 is 0 Å². The number of imidazole rings is 1. The van der Waals surface area contributed by atoms with E-state index in [2.05, 4.69) is 15.0 Å². The highest BCUT2D eigenvalue weighted by atomic mass is 19.1. The van der Waals surface area contributed by atoms with Gasteiger partial charge in [-0.3, -0.25) is 0 Å². The van der Waals surface area contributed by atoms with Crippen LogP contribution in [0.15, 0.2) is 30.5 Å². The van der Waals surface area contributed by atoms with Gasteiger partial charge < -0.3 is 10.7 Å². The van der Waals surface area contributed by atoms with Crippen molar-refractivity contribution in [3.63, 3.8) is 0 Å². The van der Waals surface area contributed by atoms with Crippen LogP contribution >= 0.6 is 0 Å². The number of rotatable bonds is 1. The Hall–Kier alpha value is -2.43. The number of benzene rings is 1. The summed E-state index contributed by atoms with van der Waals surface area (Å²) in [6.07, 6.45) is 1.71. The number of H-pyrrole nitrogens is 1. The zero-order valence-corrected chi connectivity index (χ0v) is 9.74. The number of fused-ring (bicyclic) bond motifs is 1. The van der Waals surface area contributed by atoms with E-state index in [1.807, 2.05) is 13.0 Å². The molecule has 5 heteroatoms. The maximum absolute atomic E-state index is 13.1. The van der Waals surface area contributed by atoms with Crippen molar-refractivity contribution in [3.8, 4) is 11.4 Å². The Labute approximate surface area is 103 Å². The molecule has 3 rings (SSSR count). The fourth-order valence-corrected chi connectivity index (χ4v) is 1.86. The van der Waals surface area contributed by atoms with Gasteiger partial charge in [-0.1, -0.05) is 0 Å². The summed E-state index contributed by atoms with van der Waals surface area (Å²) in [6, 6.07) is 6.43. The third-order valence-corrected chi connectivity index (χ3v) is 2.87. The summed E-state index contributed by atoms with van der Waals surface area (Å²) in [6.45, 7) is 1.98. The summed E-state index contributed by atoms with van der Waals surface area (Å²) in [7, 11) is 0. The molecule has 0 bridgehead atoms. The molecule has 2 aromatic heterocycles. The number of anilines is 1. The maximum atomic E-state index is 13.1. The number of pyridine rings is 1. The van der Waals surface area contributed by atoms with Gasteiger partial charge in [0.1, 0.15) is 11.6 Å². The predicted molar refractivity (Wildman–Crippen MR) is 68.4 cm³/mol. The van der Waals surface area contributed by atoms with Gasteiger partial charge in [0.2, 0.25) is 0 Å². The van der Waals surface area contributed by atoms with Gasteiger partial charge in [0.15, 0.2) is 5.65 Å². The van der Waals surface area contributed by atoms with Crippen LogP contribution in [0.1, 0.15) is 5.56 Å². The molecule has 90 valence electrons. The molecule has 1 aromatic carbocycles. The van der Waals surface area contributed by atoms with Crippen molar-refractivity contribution in [1.82, 2.24) is 15.0 Å². The highest BCUT2D eigenvalue weighted by Gasteiger charge is 2.09. The molecule has 0 aliphatic carbocycles. The van der Waals surface area contributed by atoms with E-state index in [9.17, 15) is 4.39 Å². The zero-order chi connectivity index (χ0) is 12.7. The summed E-state index contributed by atoms with van der Waals surface area (Å²) in [5, 5.41) is 0. The van der Waals surface area contributed by atoms with Crippen LogP contribution in [-0.2, 0) is 0 Å². The Balaban J connectivity index is 2.19. The number of nitrogens with zero attached hydrogens (tertiary/aromatic N) is 2. The number of hydrogen-bond donors (Lipinski definition) is 2. The number of hydrogen-bond acceptors (Lipinski definition) is 3. The van der Waals surface area contributed by atoms with Crippen molar-refractivity contribution in [2.45, 2.75) is 6.92 Å². The van der Waals surface area contributed by atoms with E-state index in [0.29, 0.717) is 11.5 Å². The van der Waals surface area contributed by atoms with Gasteiger partial charge in [0, 0.05) is 11.8 Å². The van der Waals surface area contributed by atoms with Crippen molar-refractivity contribution in [2.24, 2.45) is 0 Å². The van der Waals surface area contributed by atoms with Gasteiger partial charge in [-0.05, 0) is 36.8 Å². The average molecular weight is 242 g/mol. The molecule has 2 heterocycles. The fraction of sp³-hybridized carbons (Fsp3) is 0.0769. The number of nitrogens with one attached hydrogen (secondary N) is 1. The van der Waals surface area contributed by atoms with Crippen molar-refractivity contribution >= 4 is 16.9 Å². The molecule has 0 radical (unpaired) electrons. The van der Waals surface area contributed by atoms with Gasteiger partial charge in [-0.15, -0.1) is 0 Å². The molecule has 0 saturated heterocycles. The van der Waals surface area contributed by atoms with Crippen LogP contribution in [0.5, 0.6) is 0 Å². The number of halogens is 1. The SMILES string of the molecule is Cc1ccnc2nc(-c3ccc(F)c(N)c3)[nH]c12. The topological polar surface area (TPSA) is 67.6 Å². The van der Waals surface area contributed by atoms with Crippen molar-refractivity contribution in [1.29, 1.82) is 0 Å². The second kappa shape index (κ2) is 3.80. The minimum Gasteiger partial charge on any atom is -0.396 e. The van der Waals surface area contributed by atoms with Gasteiger partial charge in [0.25, 0.3) is 0 Å². The van der Waals surface area contributed by atoms with Gasteiger partial charge in [0.05, 0.1) is 11.2 Å². The number of nitrogens with two attached hydrogens (primary N) is 1. The Morgan fingerprint density at radius 3 is 2.83 bits per heavy atom. The normalized spacial score (nSPS) is 11.0. The maximum Gasteiger partial charge on any atom is 0.178 e. The lowest BCUT2D eigenvalue weighted by molar-refractivity contribution is 0.632. The molecule has 0 fully saturated rings. The Morgan fingerprint density at radius 1 is 1.28 bits per heavy atom. The van der Waals surface area contributed by atoms with Crippen LogP contribution in [0, 0.1) is 12.7 Å². The lowest BCUT2D eigenvalue weighted by atomic mass is 10.2. The Bertz CT molecular complexity index is 733. The summed E-state index contributed by atoms with van der Waals surface area (Å²) in [5.41, 5.74) is 9.00. The lowest BCUT2D eigenvalue weighted by Gasteiger charge is -1.99. The monoisotopic (exact) mass is 242 g/mol. The van der Waals surface area contributed by atoms with Crippen molar-refractivity contribution in [3.05, 3.63) is 41.8 Å². The molecule has 0 aliphatic rings. The molecule has 0 aliphatic heterocycles. The second-order valence-corrected chi connectivity index (χ2v) is 4.15. The van der Waals surface area contributed by atoms with Crippen molar-refractivity contribution in [2.75, 3.05) is 5.73 Å². The summed E-state index contributed by atoms with van der Waals surface area (Å²) < 4.78 is 13.1. The van der Waals surface area contributed by atoms with Gasteiger partial charge >= 0.3 is 0 Å². The molecule has 0 amide bonds. The third-order valence-electron chi connectivity index (χ3n) is 2.87. The molecule has 3 N–H and O–H groups in total. The van der Waals surface area contributed by atoms with E-state index in [0.717, 1.165) is 16.6 Å². The van der Waals surface area contributed by atoms with Crippen LogP contribution in [0.3, 0.4) is 0 Å². The molecule has 0 unspecified atom stereocenters.